The van der Waals surface area contributed by atoms with Gasteiger partial charge in [0.05, 0.1) is 12.3 Å². The van der Waals surface area contributed by atoms with Crippen LogP contribution in [0.25, 0.3) is 0 Å². The van der Waals surface area contributed by atoms with Crippen molar-refractivity contribution in [1.29, 1.82) is 0 Å². The van der Waals surface area contributed by atoms with Crippen LogP contribution in [0.1, 0.15) is 48.6 Å². The molecule has 1 heterocycles. The molecule has 3 rings (SSSR count). The molecule has 1 aromatic carbocycles. The van der Waals surface area contributed by atoms with Crippen molar-refractivity contribution in [3.63, 3.8) is 0 Å². The van der Waals surface area contributed by atoms with Gasteiger partial charge in [-0.15, -0.1) is 0 Å². The van der Waals surface area contributed by atoms with E-state index in [1.165, 1.54) is 24.0 Å². The minimum absolute atomic E-state index is 0.305. The number of hydrogen-bond donors (Lipinski definition) is 1. The average molecular weight is 255 g/mol. The van der Waals surface area contributed by atoms with Crippen molar-refractivity contribution >= 4 is 0 Å². The summed E-state index contributed by atoms with van der Waals surface area (Å²) in [5.74, 6) is 1.75. The van der Waals surface area contributed by atoms with Crippen LogP contribution in [0, 0.1) is 6.92 Å². The highest BCUT2D eigenvalue weighted by Crippen LogP contribution is 2.37. The van der Waals surface area contributed by atoms with E-state index in [0.29, 0.717) is 12.1 Å². The van der Waals surface area contributed by atoms with Crippen LogP contribution >= 0.6 is 0 Å². The Morgan fingerprint density at radius 2 is 1.89 bits per heavy atom. The molecule has 1 aromatic heterocycles. The Bertz CT molecular complexity index is 509. The molecule has 0 spiro atoms. The Balaban J connectivity index is 1.51. The summed E-state index contributed by atoms with van der Waals surface area (Å²) in [6.45, 7) is 4.30. The van der Waals surface area contributed by atoms with E-state index in [4.69, 9.17) is 4.42 Å². The molecule has 1 N–H and O–H groups in total. The van der Waals surface area contributed by atoms with E-state index < -0.39 is 0 Å². The lowest BCUT2D eigenvalue weighted by molar-refractivity contribution is 0.258. The van der Waals surface area contributed by atoms with Crippen molar-refractivity contribution in [1.82, 2.24) is 5.32 Å². The van der Waals surface area contributed by atoms with Crippen LogP contribution in [0.2, 0.25) is 0 Å². The monoisotopic (exact) mass is 255 g/mol. The lowest BCUT2D eigenvalue weighted by atomic mass is 9.75. The zero-order chi connectivity index (χ0) is 13.2. The first kappa shape index (κ1) is 12.5. The van der Waals surface area contributed by atoms with Crippen molar-refractivity contribution in [2.24, 2.45) is 0 Å². The van der Waals surface area contributed by atoms with Gasteiger partial charge < -0.3 is 9.73 Å². The van der Waals surface area contributed by atoms with E-state index in [2.05, 4.69) is 43.4 Å². The predicted molar refractivity (Wildman–Crippen MR) is 77.2 cm³/mol. The number of hydrogen-bond acceptors (Lipinski definition) is 2. The van der Waals surface area contributed by atoms with Crippen molar-refractivity contribution in [2.75, 3.05) is 0 Å². The summed E-state index contributed by atoms with van der Waals surface area (Å²) in [4.78, 5) is 0. The second-order valence-electron chi connectivity index (χ2n) is 5.68. The average Bonchev–Trinajstić information content (AvgIpc) is 2.88. The molecule has 1 atom stereocenters. The molecule has 0 saturated heterocycles. The Morgan fingerprint density at radius 1 is 1.16 bits per heavy atom. The fourth-order valence-corrected chi connectivity index (χ4v) is 2.84. The topological polar surface area (TPSA) is 25.2 Å². The van der Waals surface area contributed by atoms with Crippen LogP contribution in [0.3, 0.4) is 0 Å². The minimum Gasteiger partial charge on any atom is -0.468 e. The van der Waals surface area contributed by atoms with Crippen molar-refractivity contribution in [3.05, 3.63) is 59.5 Å². The number of aryl methyl sites for hydroxylation is 1. The Hall–Kier alpha value is -1.54. The highest BCUT2D eigenvalue weighted by Gasteiger charge is 2.31. The molecule has 1 aliphatic carbocycles. The summed E-state index contributed by atoms with van der Waals surface area (Å²) >= 11 is 0. The van der Waals surface area contributed by atoms with Gasteiger partial charge >= 0.3 is 0 Å². The smallest absolute Gasteiger partial charge is 0.120 e. The third kappa shape index (κ3) is 2.74. The van der Waals surface area contributed by atoms with Gasteiger partial charge in [0, 0.05) is 6.04 Å². The summed E-state index contributed by atoms with van der Waals surface area (Å²) in [6, 6.07) is 13.9. The molecule has 19 heavy (non-hydrogen) atoms. The first-order valence-corrected chi connectivity index (χ1v) is 7.08. The van der Waals surface area contributed by atoms with Gasteiger partial charge in [0.25, 0.3) is 0 Å². The predicted octanol–water partition coefficient (Wildman–Crippen LogP) is 4.18. The maximum atomic E-state index is 5.43. The Morgan fingerprint density at radius 3 is 2.53 bits per heavy atom. The molecule has 1 saturated carbocycles. The standard InChI is InChI=1S/C17H21NO/c1-12-5-7-14(8-6-12)15-10-16(11-15)18-13(2)17-4-3-9-19-17/h3-9,13,15-16,18H,10-11H2,1-2H3. The quantitative estimate of drug-likeness (QED) is 0.886. The second kappa shape index (κ2) is 5.22. The minimum atomic E-state index is 0.305. The molecule has 1 aliphatic rings. The third-order valence-electron chi connectivity index (χ3n) is 4.14. The van der Waals surface area contributed by atoms with Gasteiger partial charge in [0.15, 0.2) is 0 Å². The van der Waals surface area contributed by atoms with Crippen LogP contribution in [-0.4, -0.2) is 6.04 Å². The second-order valence-corrected chi connectivity index (χ2v) is 5.68. The third-order valence-corrected chi connectivity index (χ3v) is 4.14. The molecule has 0 bridgehead atoms. The molecule has 0 aliphatic heterocycles. The van der Waals surface area contributed by atoms with Gasteiger partial charge in [-0.25, -0.2) is 0 Å². The van der Waals surface area contributed by atoms with Crippen molar-refractivity contribution in [2.45, 2.75) is 44.7 Å². The van der Waals surface area contributed by atoms with E-state index in [-0.39, 0.29) is 0 Å². The number of nitrogens with one attached hydrogen (secondary N) is 1. The van der Waals surface area contributed by atoms with Crippen LogP contribution in [0.4, 0.5) is 0 Å². The first-order chi connectivity index (χ1) is 9.22. The summed E-state index contributed by atoms with van der Waals surface area (Å²) < 4.78 is 5.43. The normalized spacial score (nSPS) is 23.9. The lowest BCUT2D eigenvalue weighted by Crippen LogP contribution is -2.41. The highest BCUT2D eigenvalue weighted by atomic mass is 16.3. The van der Waals surface area contributed by atoms with Crippen LogP contribution in [0.5, 0.6) is 0 Å². The van der Waals surface area contributed by atoms with Crippen molar-refractivity contribution < 1.29 is 4.42 Å². The lowest BCUT2D eigenvalue weighted by Gasteiger charge is -2.38. The number of rotatable bonds is 4. The van der Waals surface area contributed by atoms with Gasteiger partial charge in [-0.05, 0) is 50.3 Å². The molecule has 1 fully saturated rings. The van der Waals surface area contributed by atoms with E-state index >= 15 is 0 Å². The first-order valence-electron chi connectivity index (χ1n) is 7.08. The van der Waals surface area contributed by atoms with Gasteiger partial charge in [-0.3, -0.25) is 0 Å². The molecular formula is C17H21NO. The summed E-state index contributed by atoms with van der Waals surface area (Å²) in [7, 11) is 0. The molecule has 2 heteroatoms. The van der Waals surface area contributed by atoms with E-state index in [1.807, 2.05) is 12.1 Å². The van der Waals surface area contributed by atoms with E-state index in [9.17, 15) is 0 Å². The largest absolute Gasteiger partial charge is 0.468 e. The molecular weight excluding hydrogens is 234 g/mol. The zero-order valence-corrected chi connectivity index (χ0v) is 11.6. The highest BCUT2D eigenvalue weighted by molar-refractivity contribution is 5.26. The number of furan rings is 1. The van der Waals surface area contributed by atoms with E-state index in [1.54, 1.807) is 6.26 Å². The van der Waals surface area contributed by atoms with Gasteiger partial charge in [-0.1, -0.05) is 29.8 Å². The summed E-state index contributed by atoms with van der Waals surface area (Å²) in [5.41, 5.74) is 2.82. The Kier molecular flexibility index (Phi) is 3.43. The SMILES string of the molecule is Cc1ccc(C2CC(NC(C)c3ccco3)C2)cc1. The molecule has 0 radical (unpaired) electrons. The molecule has 2 aromatic rings. The summed E-state index contributed by atoms with van der Waals surface area (Å²) in [6.07, 6.45) is 4.20. The fraction of sp³-hybridized carbons (Fsp3) is 0.412. The molecule has 2 nitrogen and oxygen atoms in total. The van der Waals surface area contributed by atoms with Crippen LogP contribution in [-0.2, 0) is 0 Å². The van der Waals surface area contributed by atoms with E-state index in [0.717, 1.165) is 11.7 Å². The van der Waals surface area contributed by atoms with Crippen LogP contribution in [0.15, 0.2) is 47.1 Å². The van der Waals surface area contributed by atoms with Gasteiger partial charge in [-0.2, -0.15) is 0 Å². The summed E-state index contributed by atoms with van der Waals surface area (Å²) in [5, 5.41) is 3.64. The number of benzene rings is 1. The Labute approximate surface area is 114 Å². The molecule has 1 unspecified atom stereocenters. The van der Waals surface area contributed by atoms with Gasteiger partial charge in [0.1, 0.15) is 5.76 Å². The van der Waals surface area contributed by atoms with Crippen molar-refractivity contribution in [3.8, 4) is 0 Å². The molecule has 100 valence electrons. The maximum absolute atomic E-state index is 5.43. The molecule has 0 amide bonds. The van der Waals surface area contributed by atoms with Gasteiger partial charge in [0.2, 0.25) is 0 Å². The van der Waals surface area contributed by atoms with Crippen LogP contribution < -0.4 is 5.32 Å². The maximum Gasteiger partial charge on any atom is 0.120 e. The fourth-order valence-electron chi connectivity index (χ4n) is 2.84. The zero-order valence-electron chi connectivity index (χ0n) is 11.6.